The second kappa shape index (κ2) is 12.3. The summed E-state index contributed by atoms with van der Waals surface area (Å²) in [7, 11) is -4.74. The van der Waals surface area contributed by atoms with Gasteiger partial charge < -0.3 is 0 Å². The number of hydrogen-bond acceptors (Lipinski definition) is 3. The van der Waals surface area contributed by atoms with E-state index in [0.717, 1.165) is 27.8 Å². The van der Waals surface area contributed by atoms with Crippen LogP contribution in [0, 0.1) is 0 Å². The Morgan fingerprint density at radius 1 is 0.296 bits per heavy atom. The molecule has 5 heteroatoms. The third-order valence-electron chi connectivity index (χ3n) is 12.3. The summed E-state index contributed by atoms with van der Waals surface area (Å²) < 4.78 is 0. The first-order chi connectivity index (χ1) is 26.3. The van der Waals surface area contributed by atoms with E-state index in [1.54, 1.807) is 0 Å². The van der Waals surface area contributed by atoms with Crippen molar-refractivity contribution in [1.29, 1.82) is 0 Å². The molecule has 0 aliphatic carbocycles. The van der Waals surface area contributed by atoms with Crippen LogP contribution in [0.4, 0.5) is 0 Å². The van der Waals surface area contributed by atoms with Crippen LogP contribution in [-0.4, -0.2) is 31.1 Å². The van der Waals surface area contributed by atoms with E-state index in [-0.39, 0.29) is 0 Å². The predicted molar refractivity (Wildman–Crippen MR) is 234 cm³/mol. The molecule has 0 bridgehead atoms. The van der Waals surface area contributed by atoms with Crippen molar-refractivity contribution >= 4 is 36.9 Å². The van der Waals surface area contributed by atoms with Crippen molar-refractivity contribution in [3.8, 4) is 78.7 Å². The molecule has 0 saturated heterocycles. The second-order valence-electron chi connectivity index (χ2n) is 16.3. The van der Waals surface area contributed by atoms with E-state index >= 15 is 0 Å². The van der Waals surface area contributed by atoms with Crippen molar-refractivity contribution in [2.24, 2.45) is 0 Å². The van der Waals surface area contributed by atoms with Gasteiger partial charge in [0, 0.05) is 0 Å². The molecule has 1 aromatic heterocycles. The first-order valence-electron chi connectivity index (χ1n) is 19.3. The molecule has 3 nitrogen and oxygen atoms in total. The Morgan fingerprint density at radius 2 is 0.815 bits per heavy atom. The maximum absolute atomic E-state index is 5.58. The molecular weight excluding hydrogens is 687 g/mol. The molecular formula is C49H41N3Si2-2. The number of nitrogens with zero attached hydrogens (tertiary/aromatic N) is 3. The van der Waals surface area contributed by atoms with Crippen molar-refractivity contribution in [2.75, 3.05) is 0 Å². The van der Waals surface area contributed by atoms with Crippen LogP contribution in [0.1, 0.15) is 0 Å². The van der Waals surface area contributed by atoms with E-state index in [4.69, 9.17) is 15.0 Å². The van der Waals surface area contributed by atoms with E-state index in [2.05, 4.69) is 184 Å². The van der Waals surface area contributed by atoms with Gasteiger partial charge in [-0.3, -0.25) is 0 Å². The molecule has 7 aromatic carbocycles. The fraction of sp³-hybridized carbons (Fsp3) is 0.0816. The van der Waals surface area contributed by atoms with Crippen LogP contribution in [0.5, 0.6) is 0 Å². The van der Waals surface area contributed by atoms with Gasteiger partial charge in [-0.15, -0.1) is 0 Å². The number of hydrogen-bond donors (Lipinski definition) is 0. The van der Waals surface area contributed by atoms with Crippen molar-refractivity contribution in [3.05, 3.63) is 164 Å². The van der Waals surface area contributed by atoms with Crippen LogP contribution in [0.3, 0.4) is 0 Å². The number of benzene rings is 7. The molecule has 0 spiro atoms. The van der Waals surface area contributed by atoms with Crippen LogP contribution >= 0.6 is 0 Å². The van der Waals surface area contributed by atoms with Crippen molar-refractivity contribution in [2.45, 2.75) is 26.2 Å². The van der Waals surface area contributed by atoms with Crippen LogP contribution < -0.4 is 20.7 Å². The van der Waals surface area contributed by atoms with Crippen LogP contribution in [-0.2, 0) is 0 Å². The number of aromatic nitrogens is 3. The molecule has 0 atom stereocenters. The molecule has 10 rings (SSSR count). The van der Waals surface area contributed by atoms with Gasteiger partial charge in [-0.05, 0) is 0 Å². The van der Waals surface area contributed by atoms with E-state index in [1.165, 1.54) is 54.1 Å². The average Bonchev–Trinajstić information content (AvgIpc) is 3.60. The molecule has 0 N–H and O–H groups in total. The predicted octanol–water partition coefficient (Wildman–Crippen LogP) is 9.28. The summed E-state index contributed by atoms with van der Waals surface area (Å²) in [4.78, 5) is 16.3. The summed E-state index contributed by atoms with van der Waals surface area (Å²) in [5, 5.41) is 5.89. The fourth-order valence-corrected chi connectivity index (χ4v) is 16.6. The Hall–Kier alpha value is -6.02. The summed E-state index contributed by atoms with van der Waals surface area (Å²) in [5.41, 5.74) is 13.1. The van der Waals surface area contributed by atoms with Gasteiger partial charge in [-0.1, -0.05) is 0 Å². The van der Waals surface area contributed by atoms with Crippen LogP contribution in [0.15, 0.2) is 164 Å². The Kier molecular flexibility index (Phi) is 7.41. The summed E-state index contributed by atoms with van der Waals surface area (Å²) in [5.74, 6) is 2.11. The Balaban J connectivity index is 1.28. The maximum atomic E-state index is 5.58. The molecule has 0 fully saturated rings. The van der Waals surface area contributed by atoms with Crippen molar-refractivity contribution in [3.63, 3.8) is 0 Å². The van der Waals surface area contributed by atoms with Gasteiger partial charge in [0.15, 0.2) is 0 Å². The molecule has 0 amide bonds. The zero-order valence-corrected chi connectivity index (χ0v) is 33.4. The third-order valence-corrected chi connectivity index (χ3v) is 20.5. The average molecular weight is 728 g/mol. The Bertz CT molecular complexity index is 2760. The molecule has 8 aromatic rings. The number of rotatable bonds is 5. The molecule has 2 aliphatic rings. The van der Waals surface area contributed by atoms with Gasteiger partial charge >= 0.3 is 320 Å². The molecule has 54 heavy (non-hydrogen) atoms. The van der Waals surface area contributed by atoms with Crippen molar-refractivity contribution in [1.82, 2.24) is 15.0 Å². The number of fused-ring (bicyclic) bond motifs is 6. The summed E-state index contributed by atoms with van der Waals surface area (Å²) in [6.07, 6.45) is 0. The first kappa shape index (κ1) is 32.6. The summed E-state index contributed by atoms with van der Waals surface area (Å²) in [6, 6.07) is 59.5. The molecule has 0 radical (unpaired) electrons. The van der Waals surface area contributed by atoms with Crippen LogP contribution in [0.25, 0.3) is 78.7 Å². The molecule has 0 unspecified atom stereocenters. The topological polar surface area (TPSA) is 38.7 Å². The Labute approximate surface area is 319 Å². The van der Waals surface area contributed by atoms with E-state index < -0.39 is 16.1 Å². The second-order valence-corrected chi connectivity index (χ2v) is 26.3. The quantitative estimate of drug-likeness (QED) is 0.166. The minimum absolute atomic E-state index is 0.685. The zero-order chi connectivity index (χ0) is 36.6. The molecule has 2 aliphatic heterocycles. The Morgan fingerprint density at radius 3 is 1.54 bits per heavy atom. The monoisotopic (exact) mass is 727 g/mol. The summed E-state index contributed by atoms with van der Waals surface area (Å²) in [6.45, 7) is 10.00. The fourth-order valence-electron chi connectivity index (χ4n) is 9.49. The molecule has 0 saturated carbocycles. The van der Waals surface area contributed by atoms with Crippen LogP contribution in [0.2, 0.25) is 26.2 Å². The van der Waals surface area contributed by atoms with E-state index in [0.29, 0.717) is 17.5 Å². The molecule has 3 heterocycles. The third kappa shape index (κ3) is 4.96. The zero-order valence-electron chi connectivity index (χ0n) is 31.1. The van der Waals surface area contributed by atoms with E-state index in [1.807, 2.05) is 6.07 Å². The standard InChI is InChI=1S/C49H41N3Si2/c1-53(2)40-25-15-14-23-37(40)45-43(53)30-28-36(33-19-10-6-11-20-33)46(45)49-51-47(34-21-12-7-13-22-34)50-48(52-49)38-24-16-26-42-44(38)39-31-35(32-17-8-5-9-18-32)27-29-41(39)54(42,3)4/h5-31,53-54H,1-4H3/q-2. The van der Waals surface area contributed by atoms with Gasteiger partial charge in [-0.25, -0.2) is 0 Å². The normalized spacial score (nSPS) is 15.4. The SMILES string of the molecule is C[SiH-]1(C)c2ccc(-c3ccccc3)cc2-c2c(-c3nc(-c4ccccc4)nc(-c4c(-c5ccccc5)ccc5c4-c4ccccc4[SiH-]5(C)C)n3)cccc21. The van der Waals surface area contributed by atoms with Gasteiger partial charge in [0.25, 0.3) is 0 Å². The van der Waals surface area contributed by atoms with E-state index in [9.17, 15) is 0 Å². The first-order valence-corrected chi connectivity index (χ1v) is 26.2. The molecule has 262 valence electrons. The van der Waals surface area contributed by atoms with Gasteiger partial charge in [0.05, 0.1) is 0 Å². The van der Waals surface area contributed by atoms with Gasteiger partial charge in [-0.2, -0.15) is 0 Å². The minimum atomic E-state index is -2.38. The van der Waals surface area contributed by atoms with Gasteiger partial charge in [0.1, 0.15) is 0 Å². The van der Waals surface area contributed by atoms with Gasteiger partial charge in [0.2, 0.25) is 0 Å². The van der Waals surface area contributed by atoms with Crippen molar-refractivity contribution < 1.29 is 0 Å². The summed E-state index contributed by atoms with van der Waals surface area (Å²) >= 11 is 0.